The van der Waals surface area contributed by atoms with Crippen LogP contribution in [0, 0.1) is 17.8 Å². The van der Waals surface area contributed by atoms with Gasteiger partial charge < -0.3 is 57.7 Å². The summed E-state index contributed by atoms with van der Waals surface area (Å²) < 4.78 is 56.9. The van der Waals surface area contributed by atoms with Crippen LogP contribution >= 0.6 is 0 Å². The van der Waals surface area contributed by atoms with Gasteiger partial charge in [0.25, 0.3) is 0 Å². The number of amides is 1. The number of carbonyl (C=O) groups is 3. The second kappa shape index (κ2) is 24.2. The van der Waals surface area contributed by atoms with E-state index in [-0.39, 0.29) is 43.4 Å². The first-order valence-corrected chi connectivity index (χ1v) is 26.0. The van der Waals surface area contributed by atoms with Gasteiger partial charge in [0.2, 0.25) is 0 Å². The number of esters is 1. The van der Waals surface area contributed by atoms with Gasteiger partial charge in [0.1, 0.15) is 17.8 Å². The topological polar surface area (TPSA) is 206 Å². The van der Waals surface area contributed by atoms with E-state index in [9.17, 15) is 24.6 Å². The lowest BCUT2D eigenvalue weighted by molar-refractivity contribution is -0.317. The summed E-state index contributed by atoms with van der Waals surface area (Å²) in [5.74, 6) is -2.71. The van der Waals surface area contributed by atoms with Gasteiger partial charge in [-0.2, -0.15) is 5.10 Å². The lowest BCUT2D eigenvalue weighted by Crippen LogP contribution is -2.61. The fourth-order valence-corrected chi connectivity index (χ4v) is 11.6. The number of cyclic esters (lactones) is 1. The number of nitrogens with zero attached hydrogens (tertiary/aromatic N) is 3. The van der Waals surface area contributed by atoms with Crippen molar-refractivity contribution in [3.05, 3.63) is 60.2 Å². The molecule has 0 bridgehead atoms. The minimum absolute atomic E-state index is 0.0400. The molecule has 3 N–H and O–H groups in total. The van der Waals surface area contributed by atoms with Gasteiger partial charge >= 0.3 is 18.2 Å². The number of hydrazone groups is 1. The number of ether oxygens (including phenoxy) is 9. The molecule has 6 rings (SSSR count). The highest BCUT2D eigenvalue weighted by molar-refractivity contribution is 5.85. The number of rotatable bonds is 12. The van der Waals surface area contributed by atoms with Gasteiger partial charge in [0.15, 0.2) is 30.4 Å². The minimum Gasteiger partial charge on any atom is -0.458 e. The number of hydrogen-bond acceptors (Lipinski definition) is 17. The molecule has 4 fully saturated rings. The van der Waals surface area contributed by atoms with E-state index in [0.29, 0.717) is 25.1 Å². The number of aliphatic hydroxyl groups is 2. The fourth-order valence-electron chi connectivity index (χ4n) is 11.6. The molecule has 2 aromatic carbocycles. The summed E-state index contributed by atoms with van der Waals surface area (Å²) in [6.07, 6.45) is -9.32. The van der Waals surface area contributed by atoms with E-state index in [1.165, 1.54) is 7.11 Å². The van der Waals surface area contributed by atoms with E-state index >= 15 is 0 Å². The van der Waals surface area contributed by atoms with E-state index in [1.807, 2.05) is 103 Å². The van der Waals surface area contributed by atoms with Gasteiger partial charge in [-0.3, -0.25) is 9.69 Å². The standard InChI is InChI=1S/C55H84N4O14/c1-16-42-55(11)47(72-52(63)73-55)36(7)59(14)30-31(2)28-53(9,64)46(70-50-44(60)41(58(12)13)27-33(4)66-50)34(5)45(35(6)49(61)68-42)69-43-29-54(10,65-15)48(37(8)67-43)71-51(62)57-56-32(3)26-38-22-24-40(25-23-38)39-20-18-17-19-21-39/h17-25,31,33-37,41-48,50,60,64H,16,26-30H2,1-15H3,(H,57,62)/b56-32+/t31-,33-,34+,35-,36-,37+,41+,42-,43+,44-,45+,46-,47-,48?,50+,53-,54-,55-/m1/s1. The van der Waals surface area contributed by atoms with Crippen molar-refractivity contribution >= 4 is 23.9 Å². The van der Waals surface area contributed by atoms with Crippen LogP contribution in [0.15, 0.2) is 59.7 Å². The van der Waals surface area contributed by atoms with Crippen LogP contribution in [0.3, 0.4) is 0 Å². The smallest absolute Gasteiger partial charge is 0.458 e. The zero-order valence-electron chi connectivity index (χ0n) is 45.7. The molecule has 1 unspecified atom stereocenters. The van der Waals surface area contributed by atoms with E-state index < -0.39 is 102 Å². The second-order valence-corrected chi connectivity index (χ2v) is 22.1. The predicted octanol–water partition coefficient (Wildman–Crippen LogP) is 7.10. The average Bonchev–Trinajstić information content (AvgIpc) is 3.65. The van der Waals surface area contributed by atoms with Gasteiger partial charge in [0, 0.05) is 50.2 Å². The Kier molecular flexibility index (Phi) is 19.2. The van der Waals surface area contributed by atoms with Crippen molar-refractivity contribution < 1.29 is 67.2 Å². The first kappa shape index (κ1) is 58.0. The molecule has 0 aliphatic carbocycles. The molecule has 2 aromatic rings. The lowest BCUT2D eigenvalue weighted by atomic mass is 9.77. The van der Waals surface area contributed by atoms with E-state index in [1.54, 1.807) is 34.6 Å². The van der Waals surface area contributed by atoms with Crippen LogP contribution in [-0.4, -0.2) is 169 Å². The Morgan fingerprint density at radius 1 is 0.918 bits per heavy atom. The molecular weight excluding hydrogens is 941 g/mol. The highest BCUT2D eigenvalue weighted by Crippen LogP contribution is 2.42. The lowest BCUT2D eigenvalue weighted by Gasteiger charge is -2.49. The molecule has 0 saturated carbocycles. The van der Waals surface area contributed by atoms with Crippen LogP contribution < -0.4 is 5.43 Å². The molecule has 1 amide bonds. The molecule has 18 atom stereocenters. The molecule has 4 aliphatic rings. The van der Waals surface area contributed by atoms with E-state index in [4.69, 9.17) is 42.6 Å². The quantitative estimate of drug-likeness (QED) is 0.0839. The summed E-state index contributed by atoms with van der Waals surface area (Å²) in [5.41, 5.74) is 2.29. The van der Waals surface area contributed by atoms with Gasteiger partial charge in [0.05, 0.1) is 35.9 Å². The maximum atomic E-state index is 14.8. The third kappa shape index (κ3) is 13.6. The average molecular weight is 1030 g/mol. The zero-order valence-corrected chi connectivity index (χ0v) is 45.7. The summed E-state index contributed by atoms with van der Waals surface area (Å²) in [7, 11) is 7.19. The van der Waals surface area contributed by atoms with Crippen LogP contribution in [0.2, 0.25) is 0 Å². The minimum atomic E-state index is -1.61. The Balaban J connectivity index is 1.27. The first-order valence-electron chi connectivity index (χ1n) is 26.0. The molecular formula is C55H84N4O14. The second-order valence-electron chi connectivity index (χ2n) is 22.1. The molecule has 0 radical (unpaired) electrons. The van der Waals surface area contributed by atoms with Gasteiger partial charge in [-0.05, 0) is 118 Å². The van der Waals surface area contributed by atoms with Crippen LogP contribution in [0.25, 0.3) is 11.1 Å². The van der Waals surface area contributed by atoms with Crippen LogP contribution in [0.1, 0.15) is 107 Å². The largest absolute Gasteiger partial charge is 0.509 e. The summed E-state index contributed by atoms with van der Waals surface area (Å²) >= 11 is 0. The predicted molar refractivity (Wildman–Crippen MR) is 273 cm³/mol. The first-order chi connectivity index (χ1) is 34.3. The highest BCUT2D eigenvalue weighted by Gasteiger charge is 2.58. The SMILES string of the molecule is CC[C@H]1OC(=O)[C@H](C)[C@@H](O[C@H]2C[C@@](C)(OC)C(OC(=O)N/N=C(\C)Cc3ccc(-c4ccccc4)cc3)[C@H](C)O2)[C@H](C)[C@@H](O[C@@H]2O[C@H](C)C[C@H](N(C)C)[C@H]2O)[C@](C)(O)C[C@@H](C)CN(C)[C@H](C)[C@H]2OC(=O)O[C@@]21C. The molecule has 18 nitrogen and oxygen atoms in total. The number of carbonyl (C=O) groups excluding carboxylic acids is 3. The highest BCUT2D eigenvalue weighted by atomic mass is 16.8. The van der Waals surface area contributed by atoms with Crippen LogP contribution in [0.4, 0.5) is 9.59 Å². The number of methoxy groups -OCH3 is 1. The molecule has 0 spiro atoms. The molecule has 4 aliphatic heterocycles. The summed E-state index contributed by atoms with van der Waals surface area (Å²) in [4.78, 5) is 45.1. The van der Waals surface area contributed by atoms with Crippen molar-refractivity contribution in [2.75, 3.05) is 34.8 Å². The Labute approximate surface area is 432 Å². The Bertz CT molecular complexity index is 2180. The third-order valence-electron chi connectivity index (χ3n) is 15.7. The number of benzene rings is 2. The van der Waals surface area contributed by atoms with Crippen molar-refractivity contribution in [1.82, 2.24) is 15.2 Å². The van der Waals surface area contributed by atoms with Gasteiger partial charge in [-0.1, -0.05) is 75.4 Å². The number of likely N-dealkylation sites (N-methyl/N-ethyl adjacent to an activating group) is 2. The summed E-state index contributed by atoms with van der Waals surface area (Å²) in [6.45, 7) is 20.4. The van der Waals surface area contributed by atoms with Gasteiger partial charge in [-0.15, -0.1) is 0 Å². The summed E-state index contributed by atoms with van der Waals surface area (Å²) in [5, 5.41) is 28.9. The van der Waals surface area contributed by atoms with Crippen molar-refractivity contribution in [2.24, 2.45) is 22.9 Å². The van der Waals surface area contributed by atoms with Crippen molar-refractivity contribution in [3.63, 3.8) is 0 Å². The number of nitrogens with one attached hydrogen (secondary N) is 1. The van der Waals surface area contributed by atoms with Crippen molar-refractivity contribution in [1.29, 1.82) is 0 Å². The molecule has 4 saturated heterocycles. The zero-order chi connectivity index (χ0) is 53.7. The molecule has 0 aromatic heterocycles. The van der Waals surface area contributed by atoms with E-state index in [2.05, 4.69) is 34.8 Å². The maximum Gasteiger partial charge on any atom is 0.509 e. The van der Waals surface area contributed by atoms with Crippen LogP contribution in [0.5, 0.6) is 0 Å². The molecule has 4 heterocycles. The monoisotopic (exact) mass is 1020 g/mol. The van der Waals surface area contributed by atoms with Gasteiger partial charge in [-0.25, -0.2) is 15.0 Å². The third-order valence-corrected chi connectivity index (χ3v) is 15.7. The van der Waals surface area contributed by atoms with Crippen LogP contribution in [-0.2, 0) is 53.8 Å². The fraction of sp³-hybridized carbons (Fsp3) is 0.709. The molecule has 408 valence electrons. The number of fused-ring (bicyclic) bond motifs is 1. The normalized spacial score (nSPS) is 39.3. The Hall–Kier alpha value is -4.24. The van der Waals surface area contributed by atoms with Crippen molar-refractivity contribution in [3.8, 4) is 11.1 Å². The summed E-state index contributed by atoms with van der Waals surface area (Å²) in [6, 6.07) is 17.6. The van der Waals surface area contributed by atoms with E-state index in [0.717, 1.165) is 16.7 Å². The Morgan fingerprint density at radius 3 is 2.21 bits per heavy atom. The maximum absolute atomic E-state index is 14.8. The van der Waals surface area contributed by atoms with Crippen molar-refractivity contribution in [2.45, 2.75) is 199 Å². The number of hydrogen-bond donors (Lipinski definition) is 3. The Morgan fingerprint density at radius 2 is 1.58 bits per heavy atom. The molecule has 18 heteroatoms. The number of aliphatic hydroxyl groups excluding tert-OH is 1. The molecule has 73 heavy (non-hydrogen) atoms.